The van der Waals surface area contributed by atoms with Crippen LogP contribution in [0.25, 0.3) is 10.8 Å². The summed E-state index contributed by atoms with van der Waals surface area (Å²) >= 11 is 0.885. The summed E-state index contributed by atoms with van der Waals surface area (Å²) in [6, 6.07) is 17.7. The number of nitrogens with zero attached hydrogens (tertiary/aromatic N) is 1. The molecule has 34 heavy (non-hydrogen) atoms. The van der Waals surface area contributed by atoms with Crippen molar-refractivity contribution in [2.24, 2.45) is 0 Å². The fourth-order valence-corrected chi connectivity index (χ4v) is 4.07. The molecule has 0 saturated heterocycles. The topological polar surface area (TPSA) is 58.6 Å². The van der Waals surface area contributed by atoms with Crippen molar-refractivity contribution in [2.75, 3.05) is 14.1 Å². The number of fused-ring (bicyclic) bond motifs is 1. The van der Waals surface area contributed by atoms with Gasteiger partial charge in [0.2, 0.25) is 5.60 Å². The van der Waals surface area contributed by atoms with Crippen LogP contribution in [0, 0.1) is 0 Å². The predicted octanol–water partition coefficient (Wildman–Crippen LogP) is 6.88. The van der Waals surface area contributed by atoms with E-state index in [1.807, 2.05) is 42.5 Å². The summed E-state index contributed by atoms with van der Waals surface area (Å²) in [5.74, 6) is 0. The highest BCUT2D eigenvalue weighted by atomic mass is 32.2. The minimum Gasteiger partial charge on any atom is -0.429 e. The summed E-state index contributed by atoms with van der Waals surface area (Å²) in [5, 5.41) is 4.10. The molecule has 0 fully saturated rings. The monoisotopic (exact) mass is 490 g/mol. The number of benzene rings is 3. The van der Waals surface area contributed by atoms with Gasteiger partial charge in [-0.3, -0.25) is 4.79 Å². The second-order valence-electron chi connectivity index (χ2n) is 8.14. The van der Waals surface area contributed by atoms with E-state index in [0.717, 1.165) is 35.0 Å². The fourth-order valence-electron chi connectivity index (χ4n) is 3.41. The summed E-state index contributed by atoms with van der Waals surface area (Å²) in [4.78, 5) is 26.3. The molecular weight excluding hydrogens is 465 g/mol. The minimum absolute atomic E-state index is 0.255. The second kappa shape index (κ2) is 9.97. The number of thioether (sulfide) groups is 1. The molecule has 0 aliphatic heterocycles. The van der Waals surface area contributed by atoms with Gasteiger partial charge < -0.3 is 15.0 Å². The molecule has 5 nitrogen and oxygen atoms in total. The summed E-state index contributed by atoms with van der Waals surface area (Å²) in [7, 11) is 3.16. The van der Waals surface area contributed by atoms with Gasteiger partial charge >= 0.3 is 12.3 Å². The van der Waals surface area contributed by atoms with Gasteiger partial charge in [-0.05, 0) is 54.1 Å². The smallest absolute Gasteiger partial charge is 0.429 e. The zero-order valence-corrected chi connectivity index (χ0v) is 20.0. The molecule has 3 rings (SSSR count). The molecule has 0 bridgehead atoms. The fraction of sp³-hybridized carbons (Fsp3) is 0.280. The number of ether oxygens (including phenoxy) is 1. The van der Waals surface area contributed by atoms with Gasteiger partial charge in [0.1, 0.15) is 0 Å². The van der Waals surface area contributed by atoms with E-state index in [1.54, 1.807) is 21.0 Å². The van der Waals surface area contributed by atoms with Crippen LogP contribution in [0.5, 0.6) is 0 Å². The van der Waals surface area contributed by atoms with Crippen LogP contribution in [-0.4, -0.2) is 36.5 Å². The van der Waals surface area contributed by atoms with Crippen LogP contribution < -0.4 is 5.32 Å². The lowest BCUT2D eigenvalue weighted by Gasteiger charge is -2.32. The van der Waals surface area contributed by atoms with Gasteiger partial charge in [-0.25, -0.2) is 4.79 Å². The number of hydrogen-bond donors (Lipinski definition) is 1. The van der Waals surface area contributed by atoms with Crippen LogP contribution in [-0.2, 0) is 10.3 Å². The number of nitrogens with one attached hydrogen (secondary N) is 1. The predicted molar refractivity (Wildman–Crippen MR) is 127 cm³/mol. The summed E-state index contributed by atoms with van der Waals surface area (Å²) in [6.07, 6.45) is -6.07. The molecular formula is C25H25F3N2O3S. The first-order valence-electron chi connectivity index (χ1n) is 10.5. The van der Waals surface area contributed by atoms with Crippen LogP contribution in [0.1, 0.15) is 31.0 Å². The van der Waals surface area contributed by atoms with E-state index in [2.05, 4.69) is 5.32 Å². The minimum atomic E-state index is -4.87. The average molecular weight is 491 g/mol. The van der Waals surface area contributed by atoms with Crippen LogP contribution in [0.2, 0.25) is 0 Å². The Bertz CT molecular complexity index is 1180. The van der Waals surface area contributed by atoms with Gasteiger partial charge in [0, 0.05) is 24.6 Å². The molecule has 0 aromatic heterocycles. The Morgan fingerprint density at radius 2 is 1.59 bits per heavy atom. The zero-order chi connectivity index (χ0) is 25.1. The van der Waals surface area contributed by atoms with Gasteiger partial charge in [-0.2, -0.15) is 13.2 Å². The maximum absolute atomic E-state index is 14.1. The molecule has 3 aromatic rings. The van der Waals surface area contributed by atoms with Crippen molar-refractivity contribution in [1.29, 1.82) is 0 Å². The largest absolute Gasteiger partial charge is 0.432 e. The Morgan fingerprint density at radius 3 is 2.21 bits per heavy atom. The third kappa shape index (κ3) is 5.47. The summed E-state index contributed by atoms with van der Waals surface area (Å²) < 4.78 is 47.2. The molecule has 2 unspecified atom stereocenters. The van der Waals surface area contributed by atoms with Crippen molar-refractivity contribution >= 4 is 33.9 Å². The Morgan fingerprint density at radius 1 is 0.971 bits per heavy atom. The Balaban J connectivity index is 1.80. The van der Waals surface area contributed by atoms with Crippen LogP contribution >= 0.6 is 11.8 Å². The third-order valence-corrected chi connectivity index (χ3v) is 6.49. The molecule has 0 radical (unpaired) electrons. The van der Waals surface area contributed by atoms with Crippen LogP contribution in [0.4, 0.5) is 22.8 Å². The lowest BCUT2D eigenvalue weighted by atomic mass is 9.95. The number of alkyl halides is 3. The van der Waals surface area contributed by atoms with E-state index in [4.69, 9.17) is 4.74 Å². The molecule has 3 aromatic carbocycles. The van der Waals surface area contributed by atoms with E-state index in [1.165, 1.54) is 29.2 Å². The van der Waals surface area contributed by atoms with Crippen molar-refractivity contribution in [3.05, 3.63) is 77.9 Å². The van der Waals surface area contributed by atoms with E-state index in [0.29, 0.717) is 4.90 Å². The molecule has 2 amide bonds. The highest BCUT2D eigenvalue weighted by Gasteiger charge is 2.56. The SMILES string of the molecule is CC(NC(=O)OC(C)(c1ccc(SC(=O)N(C)C)cc1)C(F)(F)F)c1cccc2ccccc12. The molecule has 0 heterocycles. The first-order chi connectivity index (χ1) is 15.9. The average Bonchev–Trinajstić information content (AvgIpc) is 2.78. The normalized spacial score (nSPS) is 14.2. The molecule has 0 aliphatic rings. The van der Waals surface area contributed by atoms with Gasteiger partial charge in [0.25, 0.3) is 5.24 Å². The summed E-state index contributed by atoms with van der Waals surface area (Å²) in [5.41, 5.74) is -2.38. The van der Waals surface area contributed by atoms with Gasteiger partial charge in [-0.15, -0.1) is 0 Å². The molecule has 0 saturated carbocycles. The van der Waals surface area contributed by atoms with E-state index in [-0.39, 0.29) is 10.8 Å². The van der Waals surface area contributed by atoms with E-state index < -0.39 is 23.9 Å². The standard InChI is InChI=1S/C25H25F3N2O3S/c1-16(20-11-7-9-17-8-5-6-10-21(17)20)29-22(31)33-24(2,25(26,27)28)18-12-14-19(15-13-18)34-23(32)30(3)4/h5-16H,1-4H3,(H,29,31). The lowest BCUT2D eigenvalue weighted by Crippen LogP contribution is -2.46. The van der Waals surface area contributed by atoms with E-state index in [9.17, 15) is 22.8 Å². The quantitative estimate of drug-likeness (QED) is 0.396. The van der Waals surface area contributed by atoms with Gasteiger partial charge in [0.05, 0.1) is 6.04 Å². The van der Waals surface area contributed by atoms with Gasteiger partial charge in [-0.1, -0.05) is 54.6 Å². The van der Waals surface area contributed by atoms with Crippen molar-refractivity contribution in [2.45, 2.75) is 36.6 Å². The maximum atomic E-state index is 14.1. The Kier molecular flexibility index (Phi) is 7.45. The number of carbonyl (C=O) groups is 2. The number of rotatable bonds is 5. The Labute approximate surface area is 200 Å². The first kappa shape index (κ1) is 25.4. The number of carbonyl (C=O) groups excluding carboxylic acids is 2. The molecule has 180 valence electrons. The first-order valence-corrected chi connectivity index (χ1v) is 11.3. The van der Waals surface area contributed by atoms with Crippen LogP contribution in [0.15, 0.2) is 71.6 Å². The van der Waals surface area contributed by atoms with Crippen molar-refractivity contribution in [3.63, 3.8) is 0 Å². The molecule has 0 spiro atoms. The summed E-state index contributed by atoms with van der Waals surface area (Å²) in [6.45, 7) is 2.49. The van der Waals surface area contributed by atoms with Crippen molar-refractivity contribution in [1.82, 2.24) is 10.2 Å². The molecule has 9 heteroatoms. The maximum Gasteiger partial charge on any atom is 0.432 e. The Hall–Kier alpha value is -3.20. The number of alkyl carbamates (subject to hydrolysis) is 1. The zero-order valence-electron chi connectivity index (χ0n) is 19.1. The molecule has 1 N–H and O–H groups in total. The van der Waals surface area contributed by atoms with E-state index >= 15 is 0 Å². The second-order valence-corrected chi connectivity index (χ2v) is 9.17. The lowest BCUT2D eigenvalue weighted by molar-refractivity contribution is -0.257. The molecule has 0 aliphatic carbocycles. The van der Waals surface area contributed by atoms with Crippen molar-refractivity contribution in [3.8, 4) is 0 Å². The van der Waals surface area contributed by atoms with Crippen molar-refractivity contribution < 1.29 is 27.5 Å². The highest BCUT2D eigenvalue weighted by Crippen LogP contribution is 2.42. The van der Waals surface area contributed by atoms with Crippen LogP contribution in [0.3, 0.4) is 0 Å². The molecule has 2 atom stereocenters. The third-order valence-electron chi connectivity index (χ3n) is 5.44. The highest BCUT2D eigenvalue weighted by molar-refractivity contribution is 8.13. The number of amides is 2. The number of hydrogen-bond acceptors (Lipinski definition) is 4. The van der Waals surface area contributed by atoms with Gasteiger partial charge in [0.15, 0.2) is 0 Å². The number of halogens is 3.